The fraction of sp³-hybridized carbons (Fsp3) is 0.231. The smallest absolute Gasteiger partial charge is 0.378 e. The van der Waals surface area contributed by atoms with Gasteiger partial charge in [-0.3, -0.25) is 0 Å². The first-order chi connectivity index (χ1) is 9.82. The summed E-state index contributed by atoms with van der Waals surface area (Å²) in [7, 11) is 1.52. The van der Waals surface area contributed by atoms with E-state index in [1.807, 2.05) is 22.6 Å². The molecule has 1 heterocycles. The average molecular weight is 429 g/mol. The van der Waals surface area contributed by atoms with E-state index in [-0.39, 0.29) is 17.6 Å². The predicted molar refractivity (Wildman–Crippen MR) is 80.9 cm³/mol. The summed E-state index contributed by atoms with van der Waals surface area (Å²) in [6.07, 6.45) is -4.37. The third-order valence-corrected chi connectivity index (χ3v) is 4.36. The lowest BCUT2D eigenvalue weighted by Crippen LogP contribution is -2.05. The number of nitrogens with zero attached hydrogens (tertiary/aromatic N) is 2. The van der Waals surface area contributed by atoms with E-state index in [4.69, 9.17) is 16.3 Å². The fourth-order valence-corrected chi connectivity index (χ4v) is 2.22. The standard InChI is InChI=1S/C13H9ClF3IN2O/c1-21-6-9-10(18)11(14)20-12(19-9)7-2-4-8(5-3-7)13(15,16)17/h2-5H,6H2,1H3. The van der Waals surface area contributed by atoms with Crippen molar-refractivity contribution >= 4 is 34.2 Å². The van der Waals surface area contributed by atoms with E-state index >= 15 is 0 Å². The van der Waals surface area contributed by atoms with Crippen LogP contribution in [0, 0.1) is 3.57 Å². The first kappa shape index (κ1) is 16.4. The van der Waals surface area contributed by atoms with E-state index in [0.29, 0.717) is 14.8 Å². The molecule has 0 atom stereocenters. The summed E-state index contributed by atoms with van der Waals surface area (Å²) in [6.45, 7) is 0.244. The van der Waals surface area contributed by atoms with Crippen molar-refractivity contribution in [2.24, 2.45) is 0 Å². The van der Waals surface area contributed by atoms with Gasteiger partial charge in [-0.25, -0.2) is 9.97 Å². The summed E-state index contributed by atoms with van der Waals surface area (Å²) in [4.78, 5) is 8.36. The Balaban J connectivity index is 2.42. The van der Waals surface area contributed by atoms with Crippen LogP contribution in [0.2, 0.25) is 5.15 Å². The molecule has 112 valence electrons. The van der Waals surface area contributed by atoms with Crippen molar-refractivity contribution in [3.8, 4) is 11.4 Å². The van der Waals surface area contributed by atoms with Crippen LogP contribution in [0.5, 0.6) is 0 Å². The van der Waals surface area contributed by atoms with Gasteiger partial charge in [-0.1, -0.05) is 23.7 Å². The average Bonchev–Trinajstić information content (AvgIpc) is 2.43. The Hall–Kier alpha value is -0.930. The van der Waals surface area contributed by atoms with Gasteiger partial charge in [0.25, 0.3) is 0 Å². The molecule has 0 unspecified atom stereocenters. The third kappa shape index (κ3) is 3.83. The number of hydrogen-bond acceptors (Lipinski definition) is 3. The molecule has 3 nitrogen and oxygen atoms in total. The molecule has 1 aromatic heterocycles. The molecule has 2 rings (SSSR count). The van der Waals surface area contributed by atoms with Crippen LogP contribution in [-0.4, -0.2) is 17.1 Å². The zero-order valence-corrected chi connectivity index (χ0v) is 13.6. The Morgan fingerprint density at radius 1 is 1.19 bits per heavy atom. The van der Waals surface area contributed by atoms with Gasteiger partial charge in [-0.05, 0) is 34.7 Å². The maximum atomic E-state index is 12.5. The van der Waals surface area contributed by atoms with Gasteiger partial charge >= 0.3 is 6.18 Å². The van der Waals surface area contributed by atoms with Crippen LogP contribution >= 0.6 is 34.2 Å². The minimum atomic E-state index is -4.37. The number of methoxy groups -OCH3 is 1. The van der Waals surface area contributed by atoms with E-state index in [2.05, 4.69) is 9.97 Å². The molecule has 0 aliphatic heterocycles. The molecule has 0 saturated carbocycles. The Labute approximate surface area is 137 Å². The van der Waals surface area contributed by atoms with Gasteiger partial charge in [0.15, 0.2) is 5.82 Å². The van der Waals surface area contributed by atoms with Crippen LogP contribution in [0.4, 0.5) is 13.2 Å². The van der Waals surface area contributed by atoms with Gasteiger partial charge in [0.1, 0.15) is 5.15 Å². The van der Waals surface area contributed by atoms with Crippen LogP contribution in [0.1, 0.15) is 11.3 Å². The zero-order chi connectivity index (χ0) is 15.6. The van der Waals surface area contributed by atoms with Crippen LogP contribution in [0.25, 0.3) is 11.4 Å². The topological polar surface area (TPSA) is 35.0 Å². The van der Waals surface area contributed by atoms with Crippen LogP contribution in [0.3, 0.4) is 0 Å². The number of alkyl halides is 3. The zero-order valence-electron chi connectivity index (χ0n) is 10.7. The van der Waals surface area contributed by atoms with E-state index in [1.54, 1.807) is 0 Å². The highest BCUT2D eigenvalue weighted by molar-refractivity contribution is 14.1. The van der Waals surface area contributed by atoms with Gasteiger partial charge in [0.05, 0.1) is 21.4 Å². The molecule has 8 heteroatoms. The maximum absolute atomic E-state index is 12.5. The molecule has 0 aliphatic rings. The van der Waals surface area contributed by atoms with Crippen molar-refractivity contribution in [3.05, 3.63) is 44.2 Å². The molecule has 0 amide bonds. The highest BCUT2D eigenvalue weighted by Gasteiger charge is 2.30. The number of ether oxygens (including phenoxy) is 1. The van der Waals surface area contributed by atoms with Crippen molar-refractivity contribution in [1.82, 2.24) is 9.97 Å². The Bertz CT molecular complexity index is 647. The highest BCUT2D eigenvalue weighted by Crippen LogP contribution is 2.31. The quantitative estimate of drug-likeness (QED) is 0.531. The summed E-state index contributed by atoms with van der Waals surface area (Å²) in [6, 6.07) is 4.61. The first-order valence-corrected chi connectivity index (χ1v) is 7.17. The van der Waals surface area contributed by atoms with E-state index in [0.717, 1.165) is 12.1 Å². The number of halogens is 5. The van der Waals surface area contributed by atoms with Crippen molar-refractivity contribution in [1.29, 1.82) is 0 Å². The van der Waals surface area contributed by atoms with Crippen molar-refractivity contribution in [2.45, 2.75) is 12.8 Å². The number of hydrogen-bond donors (Lipinski definition) is 0. The molecule has 0 fully saturated rings. The van der Waals surface area contributed by atoms with Crippen molar-refractivity contribution in [3.63, 3.8) is 0 Å². The molecular weight excluding hydrogens is 420 g/mol. The molecule has 0 spiro atoms. The number of aromatic nitrogens is 2. The van der Waals surface area contributed by atoms with Gasteiger partial charge in [0.2, 0.25) is 0 Å². The lowest BCUT2D eigenvalue weighted by molar-refractivity contribution is -0.137. The maximum Gasteiger partial charge on any atom is 0.416 e. The minimum Gasteiger partial charge on any atom is -0.378 e. The third-order valence-electron chi connectivity index (χ3n) is 2.63. The lowest BCUT2D eigenvalue weighted by atomic mass is 10.1. The normalized spacial score (nSPS) is 11.7. The molecule has 2 aromatic rings. The molecule has 0 bridgehead atoms. The highest BCUT2D eigenvalue weighted by atomic mass is 127. The predicted octanol–water partition coefficient (Wildman–Crippen LogP) is 4.57. The Morgan fingerprint density at radius 3 is 2.33 bits per heavy atom. The summed E-state index contributed by atoms with van der Waals surface area (Å²) in [5.41, 5.74) is 0.326. The summed E-state index contributed by atoms with van der Waals surface area (Å²) in [5, 5.41) is 0.243. The second kappa shape index (κ2) is 6.45. The van der Waals surface area contributed by atoms with Crippen molar-refractivity contribution in [2.75, 3.05) is 7.11 Å². The first-order valence-electron chi connectivity index (χ1n) is 5.71. The Morgan fingerprint density at radius 2 is 1.81 bits per heavy atom. The van der Waals surface area contributed by atoms with Crippen LogP contribution in [0.15, 0.2) is 24.3 Å². The summed E-state index contributed by atoms with van der Waals surface area (Å²) < 4.78 is 43.3. The van der Waals surface area contributed by atoms with Gasteiger partial charge < -0.3 is 4.74 Å². The van der Waals surface area contributed by atoms with Crippen LogP contribution in [-0.2, 0) is 17.5 Å². The lowest BCUT2D eigenvalue weighted by Gasteiger charge is -2.09. The largest absolute Gasteiger partial charge is 0.416 e. The fourth-order valence-electron chi connectivity index (χ4n) is 1.63. The SMILES string of the molecule is COCc1nc(-c2ccc(C(F)(F)F)cc2)nc(Cl)c1I. The van der Waals surface area contributed by atoms with E-state index in [9.17, 15) is 13.2 Å². The Kier molecular flexibility index (Phi) is 5.05. The number of rotatable bonds is 3. The monoisotopic (exact) mass is 428 g/mol. The molecule has 0 N–H and O–H groups in total. The minimum absolute atomic E-state index is 0.243. The molecule has 1 aromatic carbocycles. The number of benzene rings is 1. The summed E-state index contributed by atoms with van der Waals surface area (Å²) in [5.74, 6) is 0.265. The van der Waals surface area contributed by atoms with Gasteiger partial charge in [0, 0.05) is 12.7 Å². The van der Waals surface area contributed by atoms with Crippen molar-refractivity contribution < 1.29 is 17.9 Å². The van der Waals surface area contributed by atoms with E-state index in [1.165, 1.54) is 19.2 Å². The molecular formula is C13H9ClF3IN2O. The molecule has 0 aliphatic carbocycles. The molecule has 21 heavy (non-hydrogen) atoms. The van der Waals surface area contributed by atoms with Crippen LogP contribution < -0.4 is 0 Å². The van der Waals surface area contributed by atoms with E-state index < -0.39 is 11.7 Å². The molecule has 0 saturated heterocycles. The van der Waals surface area contributed by atoms with Gasteiger partial charge in [-0.2, -0.15) is 13.2 Å². The second-order valence-electron chi connectivity index (χ2n) is 4.11. The second-order valence-corrected chi connectivity index (χ2v) is 5.54. The summed E-state index contributed by atoms with van der Waals surface area (Å²) >= 11 is 8.01. The van der Waals surface area contributed by atoms with Gasteiger partial charge in [-0.15, -0.1) is 0 Å². The molecule has 0 radical (unpaired) electrons.